The van der Waals surface area contributed by atoms with Gasteiger partial charge >= 0.3 is 0 Å². The minimum Gasteiger partial charge on any atom is -0.329 e. The van der Waals surface area contributed by atoms with Gasteiger partial charge in [0.1, 0.15) is 0 Å². The Labute approximate surface area is 70.1 Å². The Balaban J connectivity index is 2.86. The molecule has 11 heavy (non-hydrogen) atoms. The van der Waals surface area contributed by atoms with Crippen LogP contribution in [-0.2, 0) is 16.6 Å². The van der Waals surface area contributed by atoms with Crippen LogP contribution in [0, 0.1) is 0 Å². The van der Waals surface area contributed by atoms with Crippen molar-refractivity contribution in [3.05, 3.63) is 0 Å². The molecule has 4 nitrogen and oxygen atoms in total. The molecule has 0 aliphatic carbocycles. The fourth-order valence-electron chi connectivity index (χ4n) is 1.22. The first-order valence-electron chi connectivity index (χ1n) is 3.31. The maximum absolute atomic E-state index is 11.0. The van der Waals surface area contributed by atoms with E-state index in [1.54, 1.807) is 6.92 Å². The van der Waals surface area contributed by atoms with E-state index in [1.165, 1.54) is 0 Å². The lowest BCUT2D eigenvalue weighted by Gasteiger charge is -2.24. The number of carbonyl (C=O) groups excluding carboxylic acids is 1. The van der Waals surface area contributed by atoms with Crippen LogP contribution in [0.25, 0.3) is 0 Å². The Morgan fingerprint density at radius 2 is 2.27 bits per heavy atom. The van der Waals surface area contributed by atoms with E-state index in [0.29, 0.717) is 12.8 Å². The van der Waals surface area contributed by atoms with Crippen molar-refractivity contribution in [2.24, 2.45) is 0 Å². The first kappa shape index (κ1) is 9.13. The second-order valence-corrected chi connectivity index (χ2v) is 5.57. The molecule has 0 spiro atoms. The molecule has 1 heterocycles. The van der Waals surface area contributed by atoms with Crippen molar-refractivity contribution < 1.29 is 14.6 Å². The minimum absolute atomic E-state index is 0.122. The van der Waals surface area contributed by atoms with Gasteiger partial charge in [0, 0.05) is 12.5 Å². The van der Waals surface area contributed by atoms with Gasteiger partial charge in [-0.15, -0.1) is 0 Å². The van der Waals surface area contributed by atoms with Gasteiger partial charge in [0.05, 0.1) is 0 Å². The molecule has 1 atom stereocenters. The summed E-state index contributed by atoms with van der Waals surface area (Å²) in [4.78, 5) is 29.1. The first-order chi connectivity index (χ1) is 4.93. The molecule has 1 fully saturated rings. The van der Waals surface area contributed by atoms with Crippen LogP contribution in [0.15, 0.2) is 0 Å². The number of rotatable bonds is 1. The maximum atomic E-state index is 11.0. The molecule has 2 N–H and O–H groups in total. The summed E-state index contributed by atoms with van der Waals surface area (Å²) in [5.74, 6) is -0.245. The van der Waals surface area contributed by atoms with Gasteiger partial charge in [0.25, 0.3) is 6.64 Å². The predicted molar refractivity (Wildman–Crippen MR) is 44.3 cm³/mol. The molecule has 0 radical (unpaired) electrons. The van der Waals surface area contributed by atoms with Crippen LogP contribution >= 0.6 is 6.64 Å². The van der Waals surface area contributed by atoms with Gasteiger partial charge in [0.2, 0.25) is 5.91 Å². The lowest BCUT2D eigenvalue weighted by atomic mass is 10.3. The second kappa shape index (κ2) is 2.83. The number of nitrogens with zero attached hydrogens (tertiary/aromatic N) is 1. The van der Waals surface area contributed by atoms with Crippen LogP contribution in [0.5, 0.6) is 0 Å². The normalized spacial score (nSPS) is 26.3. The number of hydrogen-bond acceptors (Lipinski definition) is 2. The Morgan fingerprint density at radius 3 is 2.45 bits per heavy atom. The van der Waals surface area contributed by atoms with E-state index in [-0.39, 0.29) is 11.9 Å². The molecule has 64 valence electrons. The van der Waals surface area contributed by atoms with Crippen LogP contribution in [0.3, 0.4) is 0 Å². The van der Waals surface area contributed by atoms with Crippen LogP contribution in [-0.4, -0.2) is 26.4 Å². The predicted octanol–water partition coefficient (Wildman–Crippen LogP) is 0.206. The highest BCUT2D eigenvalue weighted by Crippen LogP contribution is 2.46. The summed E-state index contributed by atoms with van der Waals surface area (Å²) in [5.41, 5.74) is 0. The largest absolute Gasteiger partial charge is 0.329 e. The van der Waals surface area contributed by atoms with Crippen LogP contribution in [0.2, 0.25) is 0 Å². The minimum atomic E-state index is -3.51. The topological polar surface area (TPSA) is 60.8 Å². The van der Waals surface area contributed by atoms with Crippen molar-refractivity contribution in [3.8, 4) is 0 Å². The summed E-state index contributed by atoms with van der Waals surface area (Å²) >= 11 is 4.43. The van der Waals surface area contributed by atoms with E-state index in [4.69, 9.17) is 9.79 Å². The van der Waals surface area contributed by atoms with Gasteiger partial charge in [-0.3, -0.25) is 9.46 Å². The van der Waals surface area contributed by atoms with Crippen LogP contribution < -0.4 is 0 Å². The Hall–Kier alpha value is 0.0400. The summed E-state index contributed by atoms with van der Waals surface area (Å²) in [5, 5.41) is 0. The number of hydrogen-bond donors (Lipinski definition) is 2. The van der Waals surface area contributed by atoms with Crippen LogP contribution in [0.4, 0.5) is 0 Å². The molecule has 0 aromatic carbocycles. The SMILES string of the molecule is CC1CCC(=O)N1P(O)(O)=S. The lowest BCUT2D eigenvalue weighted by molar-refractivity contribution is -0.124. The summed E-state index contributed by atoms with van der Waals surface area (Å²) in [6.45, 7) is -1.75. The van der Waals surface area contributed by atoms with Crippen molar-refractivity contribution in [1.29, 1.82) is 0 Å². The molecular formula is C5H10NO3PS. The van der Waals surface area contributed by atoms with E-state index >= 15 is 0 Å². The molecule has 1 amide bonds. The molecule has 1 aliphatic rings. The van der Waals surface area contributed by atoms with Gasteiger partial charge in [0.15, 0.2) is 0 Å². The van der Waals surface area contributed by atoms with E-state index < -0.39 is 6.64 Å². The van der Waals surface area contributed by atoms with E-state index in [9.17, 15) is 4.79 Å². The highest BCUT2D eigenvalue weighted by atomic mass is 32.5. The molecule has 0 aromatic rings. The highest BCUT2D eigenvalue weighted by Gasteiger charge is 2.35. The second-order valence-electron chi connectivity index (χ2n) is 2.64. The third-order valence-corrected chi connectivity index (χ3v) is 3.44. The molecular weight excluding hydrogens is 185 g/mol. The Morgan fingerprint density at radius 1 is 1.73 bits per heavy atom. The smallest absolute Gasteiger partial charge is 0.287 e. The fourth-order valence-corrected chi connectivity index (χ4v) is 2.99. The van der Waals surface area contributed by atoms with Gasteiger partial charge in [-0.25, -0.2) is 0 Å². The van der Waals surface area contributed by atoms with Crippen molar-refractivity contribution in [3.63, 3.8) is 0 Å². The average molecular weight is 195 g/mol. The zero-order valence-electron chi connectivity index (χ0n) is 6.10. The molecule has 0 aromatic heterocycles. The van der Waals surface area contributed by atoms with Gasteiger partial charge in [-0.1, -0.05) is 0 Å². The first-order valence-corrected chi connectivity index (χ1v) is 5.97. The quantitative estimate of drug-likeness (QED) is 0.587. The summed E-state index contributed by atoms with van der Waals surface area (Å²) < 4.78 is 1.03. The molecule has 6 heteroatoms. The highest BCUT2D eigenvalue weighted by molar-refractivity contribution is 8.08. The van der Waals surface area contributed by atoms with Gasteiger partial charge in [-0.05, 0) is 25.2 Å². The van der Waals surface area contributed by atoms with E-state index in [0.717, 1.165) is 4.67 Å². The third-order valence-electron chi connectivity index (χ3n) is 1.73. The maximum Gasteiger partial charge on any atom is 0.287 e. The monoisotopic (exact) mass is 195 g/mol. The molecule has 1 rings (SSSR count). The van der Waals surface area contributed by atoms with Crippen molar-refractivity contribution in [2.45, 2.75) is 25.8 Å². The zero-order valence-corrected chi connectivity index (χ0v) is 7.81. The molecule has 1 saturated heterocycles. The van der Waals surface area contributed by atoms with Gasteiger partial charge < -0.3 is 9.79 Å². The van der Waals surface area contributed by atoms with E-state index in [1.807, 2.05) is 0 Å². The summed E-state index contributed by atoms with van der Waals surface area (Å²) in [6.07, 6.45) is 1.04. The Kier molecular flexibility index (Phi) is 2.35. The molecule has 1 aliphatic heterocycles. The van der Waals surface area contributed by atoms with Crippen LogP contribution in [0.1, 0.15) is 19.8 Å². The Bertz CT molecular complexity index is 226. The van der Waals surface area contributed by atoms with Gasteiger partial charge in [-0.2, -0.15) is 0 Å². The number of amides is 1. The molecule has 1 unspecified atom stereocenters. The van der Waals surface area contributed by atoms with E-state index in [2.05, 4.69) is 11.8 Å². The summed E-state index contributed by atoms with van der Waals surface area (Å²) in [7, 11) is 0. The summed E-state index contributed by atoms with van der Waals surface area (Å²) in [6, 6.07) is -0.122. The van der Waals surface area contributed by atoms with Crippen molar-refractivity contribution in [1.82, 2.24) is 4.67 Å². The molecule has 0 bridgehead atoms. The standard InChI is InChI=1S/C5H10NO3PS/c1-4-2-3-5(7)6(4)10(8,9)11/h4H,2-3H2,1H3,(H2,8,9,11). The number of carbonyl (C=O) groups is 1. The molecule has 0 saturated carbocycles. The van der Waals surface area contributed by atoms with Crippen molar-refractivity contribution >= 4 is 24.4 Å². The van der Waals surface area contributed by atoms with Crippen molar-refractivity contribution in [2.75, 3.05) is 0 Å². The average Bonchev–Trinajstić information content (AvgIpc) is 2.08. The third kappa shape index (κ3) is 1.79. The zero-order chi connectivity index (χ0) is 8.65. The fraction of sp³-hybridized carbons (Fsp3) is 0.800. The lowest BCUT2D eigenvalue weighted by Crippen LogP contribution is -2.27.